The molecular weight excluding hydrogens is 253 g/mol. The highest BCUT2D eigenvalue weighted by Crippen LogP contribution is 2.34. The van der Waals surface area contributed by atoms with Crippen LogP contribution >= 0.6 is 27.5 Å². The fraction of sp³-hybridized carbons (Fsp3) is 0.333. The Hall–Kier alpha value is -0.410. The van der Waals surface area contributed by atoms with Gasteiger partial charge in [-0.1, -0.05) is 11.6 Å². The lowest BCUT2D eigenvalue weighted by Crippen LogP contribution is -2.03. The van der Waals surface area contributed by atoms with Gasteiger partial charge in [0.25, 0.3) is 0 Å². The first kappa shape index (κ1) is 9.16. The molecular formula is C9H7BrClNO. The Bertz CT molecular complexity index is 363. The average molecular weight is 261 g/mol. The van der Waals surface area contributed by atoms with Crippen LogP contribution in [0.25, 0.3) is 0 Å². The number of hydrogen-bond donors (Lipinski definition) is 0. The van der Waals surface area contributed by atoms with Crippen LogP contribution in [0.1, 0.15) is 23.2 Å². The number of Topliss-reactive ketones (excluding diaryl/α,β-unsaturated/α-hetero) is 1. The Morgan fingerprint density at radius 2 is 2.31 bits per heavy atom. The smallest absolute Gasteiger partial charge is 0.169 e. The second kappa shape index (κ2) is 3.39. The molecule has 4 heteroatoms. The number of carbonyl (C=O) groups excluding carboxylic acids is 1. The predicted molar refractivity (Wildman–Crippen MR) is 54.0 cm³/mol. The molecule has 0 N–H and O–H groups in total. The van der Waals surface area contributed by atoms with Gasteiger partial charge in [0.1, 0.15) is 5.15 Å². The van der Waals surface area contributed by atoms with Crippen LogP contribution in [0, 0.1) is 5.92 Å². The van der Waals surface area contributed by atoms with Gasteiger partial charge >= 0.3 is 0 Å². The van der Waals surface area contributed by atoms with Crippen molar-refractivity contribution in [3.05, 3.63) is 27.5 Å². The second-order valence-electron chi connectivity index (χ2n) is 3.13. The third-order valence-corrected chi connectivity index (χ3v) is 2.75. The fourth-order valence-electron chi connectivity index (χ4n) is 1.16. The minimum absolute atomic E-state index is 0.124. The molecule has 1 heterocycles. The van der Waals surface area contributed by atoms with Crippen molar-refractivity contribution in [1.82, 2.24) is 4.98 Å². The van der Waals surface area contributed by atoms with E-state index in [0.717, 1.165) is 17.3 Å². The van der Waals surface area contributed by atoms with Crippen LogP contribution in [-0.2, 0) is 0 Å². The molecule has 1 saturated carbocycles. The highest BCUT2D eigenvalue weighted by Gasteiger charge is 2.31. The molecule has 0 unspecified atom stereocenters. The van der Waals surface area contributed by atoms with E-state index in [1.807, 2.05) is 0 Å². The lowest BCUT2D eigenvalue weighted by molar-refractivity contribution is 0.0967. The Balaban J connectivity index is 2.37. The van der Waals surface area contributed by atoms with E-state index in [1.54, 1.807) is 12.3 Å². The first-order valence-corrected chi connectivity index (χ1v) is 5.21. The fourth-order valence-corrected chi connectivity index (χ4v) is 1.69. The summed E-state index contributed by atoms with van der Waals surface area (Å²) >= 11 is 9.07. The van der Waals surface area contributed by atoms with E-state index in [1.165, 1.54) is 0 Å². The van der Waals surface area contributed by atoms with Crippen LogP contribution in [0.5, 0.6) is 0 Å². The van der Waals surface area contributed by atoms with Crippen LogP contribution in [0.3, 0.4) is 0 Å². The summed E-state index contributed by atoms with van der Waals surface area (Å²) in [6, 6.07) is 1.73. The van der Waals surface area contributed by atoms with Gasteiger partial charge in [0.15, 0.2) is 5.78 Å². The molecule has 13 heavy (non-hydrogen) atoms. The van der Waals surface area contributed by atoms with Crippen LogP contribution < -0.4 is 0 Å². The molecule has 0 spiro atoms. The number of halogens is 2. The predicted octanol–water partition coefficient (Wildman–Crippen LogP) is 3.09. The summed E-state index contributed by atoms with van der Waals surface area (Å²) in [6.45, 7) is 0. The standard InChI is InChI=1S/C9H7BrClNO/c10-6-3-7(9(11)12-4-6)8(13)5-1-2-5/h3-5H,1-2H2. The summed E-state index contributed by atoms with van der Waals surface area (Å²) < 4.78 is 0.793. The number of rotatable bonds is 2. The van der Waals surface area contributed by atoms with Gasteiger partial charge in [0.05, 0.1) is 5.56 Å². The molecule has 0 aromatic carbocycles. The molecule has 1 aliphatic rings. The molecule has 1 aliphatic carbocycles. The van der Waals surface area contributed by atoms with Gasteiger partial charge in [-0.3, -0.25) is 4.79 Å². The van der Waals surface area contributed by atoms with E-state index < -0.39 is 0 Å². The largest absolute Gasteiger partial charge is 0.294 e. The second-order valence-corrected chi connectivity index (χ2v) is 4.40. The number of carbonyl (C=O) groups is 1. The van der Waals surface area contributed by atoms with Gasteiger partial charge in [0, 0.05) is 16.6 Å². The Morgan fingerprint density at radius 1 is 1.62 bits per heavy atom. The van der Waals surface area contributed by atoms with Gasteiger partial charge in [-0.2, -0.15) is 0 Å². The van der Waals surface area contributed by atoms with Crippen molar-refractivity contribution in [3.8, 4) is 0 Å². The summed E-state index contributed by atoms with van der Waals surface area (Å²) in [5, 5.41) is 0.306. The zero-order chi connectivity index (χ0) is 9.42. The summed E-state index contributed by atoms with van der Waals surface area (Å²) in [6.07, 6.45) is 3.56. The summed E-state index contributed by atoms with van der Waals surface area (Å²) in [4.78, 5) is 15.5. The van der Waals surface area contributed by atoms with Crippen molar-refractivity contribution in [3.63, 3.8) is 0 Å². The molecule has 1 aromatic heterocycles. The monoisotopic (exact) mass is 259 g/mol. The highest BCUT2D eigenvalue weighted by molar-refractivity contribution is 9.10. The van der Waals surface area contributed by atoms with Crippen LogP contribution in [0.15, 0.2) is 16.7 Å². The molecule has 1 fully saturated rings. The zero-order valence-electron chi connectivity index (χ0n) is 6.76. The average Bonchev–Trinajstić information content (AvgIpc) is 2.91. The number of hydrogen-bond acceptors (Lipinski definition) is 2. The van der Waals surface area contributed by atoms with E-state index in [9.17, 15) is 4.79 Å². The maximum atomic E-state index is 11.6. The maximum Gasteiger partial charge on any atom is 0.169 e. The van der Waals surface area contributed by atoms with E-state index in [2.05, 4.69) is 20.9 Å². The minimum Gasteiger partial charge on any atom is -0.294 e. The zero-order valence-corrected chi connectivity index (χ0v) is 9.10. The number of pyridine rings is 1. The quantitative estimate of drug-likeness (QED) is 0.604. The van der Waals surface area contributed by atoms with Crippen molar-refractivity contribution in [1.29, 1.82) is 0 Å². The van der Waals surface area contributed by atoms with E-state index in [-0.39, 0.29) is 11.7 Å². The SMILES string of the molecule is O=C(c1cc(Br)cnc1Cl)C1CC1. The van der Waals surface area contributed by atoms with Gasteiger partial charge in [0.2, 0.25) is 0 Å². The Morgan fingerprint density at radius 3 is 2.92 bits per heavy atom. The lowest BCUT2D eigenvalue weighted by Gasteiger charge is -2.01. The first-order valence-electron chi connectivity index (χ1n) is 4.04. The van der Waals surface area contributed by atoms with Crippen LogP contribution in [0.4, 0.5) is 0 Å². The van der Waals surface area contributed by atoms with Crippen molar-refractivity contribution in [2.24, 2.45) is 5.92 Å². The molecule has 2 nitrogen and oxygen atoms in total. The van der Waals surface area contributed by atoms with Gasteiger partial charge < -0.3 is 0 Å². The third kappa shape index (κ3) is 1.92. The lowest BCUT2D eigenvalue weighted by atomic mass is 10.1. The molecule has 0 amide bonds. The molecule has 0 aliphatic heterocycles. The number of ketones is 1. The van der Waals surface area contributed by atoms with E-state index >= 15 is 0 Å². The molecule has 2 rings (SSSR count). The molecule has 0 radical (unpaired) electrons. The Kier molecular flexibility index (Phi) is 2.39. The number of nitrogens with zero attached hydrogens (tertiary/aromatic N) is 1. The Labute approximate surface area is 89.4 Å². The summed E-state index contributed by atoms with van der Waals surface area (Å²) in [7, 11) is 0. The first-order chi connectivity index (χ1) is 6.18. The topological polar surface area (TPSA) is 30.0 Å². The molecule has 0 saturated heterocycles. The van der Waals surface area contributed by atoms with Crippen molar-refractivity contribution in [2.75, 3.05) is 0 Å². The van der Waals surface area contributed by atoms with Crippen molar-refractivity contribution in [2.45, 2.75) is 12.8 Å². The molecule has 0 bridgehead atoms. The summed E-state index contributed by atoms with van der Waals surface area (Å²) in [5.41, 5.74) is 0.540. The van der Waals surface area contributed by atoms with E-state index in [0.29, 0.717) is 10.7 Å². The van der Waals surface area contributed by atoms with Gasteiger partial charge in [-0.15, -0.1) is 0 Å². The minimum atomic E-state index is 0.124. The van der Waals surface area contributed by atoms with Gasteiger partial charge in [-0.05, 0) is 34.8 Å². The normalized spacial score (nSPS) is 15.8. The van der Waals surface area contributed by atoms with Crippen molar-refractivity contribution < 1.29 is 4.79 Å². The summed E-state index contributed by atoms with van der Waals surface area (Å²) in [5.74, 6) is 0.312. The van der Waals surface area contributed by atoms with Crippen molar-refractivity contribution >= 4 is 33.3 Å². The maximum absolute atomic E-state index is 11.6. The van der Waals surface area contributed by atoms with Gasteiger partial charge in [-0.25, -0.2) is 4.98 Å². The number of aromatic nitrogens is 1. The highest BCUT2D eigenvalue weighted by atomic mass is 79.9. The van der Waals surface area contributed by atoms with E-state index in [4.69, 9.17) is 11.6 Å². The molecule has 68 valence electrons. The third-order valence-electron chi connectivity index (χ3n) is 2.02. The van der Waals surface area contributed by atoms with Crippen LogP contribution in [-0.4, -0.2) is 10.8 Å². The van der Waals surface area contributed by atoms with Crippen LogP contribution in [0.2, 0.25) is 5.15 Å². The molecule has 0 atom stereocenters. The molecule has 1 aromatic rings.